The van der Waals surface area contributed by atoms with Crippen molar-refractivity contribution < 1.29 is 4.92 Å². The summed E-state index contributed by atoms with van der Waals surface area (Å²) in [6, 6.07) is 5.00. The number of imidazole rings is 1. The maximum Gasteiger partial charge on any atom is 0.278 e. The summed E-state index contributed by atoms with van der Waals surface area (Å²) in [4.78, 5) is 18.8. The molecule has 0 bridgehead atoms. The number of benzene rings is 1. The van der Waals surface area contributed by atoms with E-state index in [-0.39, 0.29) is 5.69 Å². The Bertz CT molecular complexity index is 779. The van der Waals surface area contributed by atoms with Crippen LogP contribution in [0.2, 0.25) is 0 Å². The molecule has 0 amide bonds. The molecule has 94 valence electrons. The number of aryl methyl sites for hydroxylation is 1. The number of nitro groups is 1. The third-order valence-corrected chi connectivity index (χ3v) is 3.05. The van der Waals surface area contributed by atoms with Gasteiger partial charge in [0.2, 0.25) is 0 Å². The summed E-state index contributed by atoms with van der Waals surface area (Å²) in [5.41, 5.74) is 0.919. The molecule has 6 heteroatoms. The molecule has 3 aromatic rings. The van der Waals surface area contributed by atoms with E-state index in [0.29, 0.717) is 5.39 Å². The van der Waals surface area contributed by atoms with Crippen LogP contribution in [0.15, 0.2) is 43.0 Å². The van der Waals surface area contributed by atoms with Gasteiger partial charge in [-0.2, -0.15) is 0 Å². The van der Waals surface area contributed by atoms with E-state index < -0.39 is 4.92 Å². The van der Waals surface area contributed by atoms with Crippen molar-refractivity contribution in [2.75, 3.05) is 0 Å². The zero-order chi connectivity index (χ0) is 13.4. The molecule has 0 fully saturated rings. The van der Waals surface area contributed by atoms with E-state index in [4.69, 9.17) is 0 Å². The second kappa shape index (κ2) is 4.16. The van der Waals surface area contributed by atoms with Gasteiger partial charge in [0.15, 0.2) is 0 Å². The average molecular weight is 254 g/mol. The molecule has 2 heterocycles. The molecule has 0 aliphatic carbocycles. The summed E-state index contributed by atoms with van der Waals surface area (Å²) >= 11 is 0. The highest BCUT2D eigenvalue weighted by atomic mass is 16.6. The van der Waals surface area contributed by atoms with E-state index in [9.17, 15) is 10.1 Å². The molecule has 0 aliphatic heterocycles. The van der Waals surface area contributed by atoms with Gasteiger partial charge in [0.1, 0.15) is 5.82 Å². The minimum atomic E-state index is -0.394. The van der Waals surface area contributed by atoms with Crippen molar-refractivity contribution in [3.63, 3.8) is 0 Å². The predicted octanol–water partition coefficient (Wildman–Crippen LogP) is 2.64. The van der Waals surface area contributed by atoms with Crippen LogP contribution >= 0.6 is 0 Å². The second-order valence-electron chi connectivity index (χ2n) is 4.13. The van der Waals surface area contributed by atoms with Crippen LogP contribution in [0.3, 0.4) is 0 Å². The first-order valence-corrected chi connectivity index (χ1v) is 5.70. The average Bonchev–Trinajstić information content (AvgIpc) is 2.83. The lowest BCUT2D eigenvalue weighted by atomic mass is 10.1. The first-order valence-electron chi connectivity index (χ1n) is 5.70. The first-order chi connectivity index (χ1) is 9.18. The lowest BCUT2D eigenvalue weighted by Gasteiger charge is -2.09. The van der Waals surface area contributed by atoms with Crippen LogP contribution < -0.4 is 0 Å². The summed E-state index contributed by atoms with van der Waals surface area (Å²) in [5.74, 6) is 0.826. The molecule has 19 heavy (non-hydrogen) atoms. The summed E-state index contributed by atoms with van der Waals surface area (Å²) in [7, 11) is 0. The smallest absolute Gasteiger partial charge is 0.278 e. The van der Waals surface area contributed by atoms with E-state index in [1.54, 1.807) is 24.5 Å². The maximum atomic E-state index is 11.0. The van der Waals surface area contributed by atoms with Gasteiger partial charge in [-0.05, 0) is 19.1 Å². The lowest BCUT2D eigenvalue weighted by Crippen LogP contribution is -1.99. The fourth-order valence-electron chi connectivity index (χ4n) is 2.16. The highest BCUT2D eigenvalue weighted by Gasteiger charge is 2.15. The number of pyridine rings is 1. The minimum absolute atomic E-state index is 0.0598. The normalized spacial score (nSPS) is 10.8. The Kier molecular flexibility index (Phi) is 2.49. The maximum absolute atomic E-state index is 11.0. The Balaban J connectivity index is 2.38. The number of hydrogen-bond acceptors (Lipinski definition) is 4. The molecule has 0 radical (unpaired) electrons. The molecule has 0 unspecified atom stereocenters. The van der Waals surface area contributed by atoms with Crippen LogP contribution in [0.1, 0.15) is 5.82 Å². The third-order valence-electron chi connectivity index (χ3n) is 3.05. The summed E-state index contributed by atoms with van der Waals surface area (Å²) in [6.07, 6.45) is 6.67. The largest absolute Gasteiger partial charge is 0.303 e. The monoisotopic (exact) mass is 254 g/mol. The molecule has 0 N–H and O–H groups in total. The molecule has 1 aromatic carbocycles. The van der Waals surface area contributed by atoms with Gasteiger partial charge in [0, 0.05) is 36.2 Å². The van der Waals surface area contributed by atoms with Crippen LogP contribution in [0.5, 0.6) is 0 Å². The standard InChI is InChI=1S/C13H10N4O2/c1-9-15-6-7-16(9)12-2-3-13(17(18)19)11-8-14-5-4-10(11)12/h2-8H,1H3. The Morgan fingerprint density at radius 3 is 2.74 bits per heavy atom. The van der Waals surface area contributed by atoms with Crippen molar-refractivity contribution in [2.45, 2.75) is 6.92 Å². The Morgan fingerprint density at radius 2 is 2.05 bits per heavy atom. The quantitative estimate of drug-likeness (QED) is 0.520. The molecule has 0 atom stereocenters. The van der Waals surface area contributed by atoms with Gasteiger partial charge < -0.3 is 4.57 Å². The zero-order valence-electron chi connectivity index (χ0n) is 10.1. The highest BCUT2D eigenvalue weighted by Crippen LogP contribution is 2.30. The number of nitrogens with zero attached hydrogens (tertiary/aromatic N) is 4. The number of nitro benzene ring substituents is 1. The summed E-state index contributed by atoms with van der Waals surface area (Å²) < 4.78 is 1.89. The van der Waals surface area contributed by atoms with Gasteiger partial charge in [-0.1, -0.05) is 0 Å². The van der Waals surface area contributed by atoms with E-state index in [0.717, 1.165) is 16.9 Å². The van der Waals surface area contributed by atoms with Gasteiger partial charge in [-0.25, -0.2) is 4.98 Å². The highest BCUT2D eigenvalue weighted by molar-refractivity contribution is 5.96. The fraction of sp³-hybridized carbons (Fsp3) is 0.0769. The fourth-order valence-corrected chi connectivity index (χ4v) is 2.16. The van der Waals surface area contributed by atoms with E-state index in [2.05, 4.69) is 9.97 Å². The SMILES string of the molecule is Cc1nccn1-c1ccc([N+](=O)[O-])c2cnccc12. The molecule has 0 saturated carbocycles. The van der Waals surface area contributed by atoms with Crippen LogP contribution in [0, 0.1) is 17.0 Å². The van der Waals surface area contributed by atoms with E-state index >= 15 is 0 Å². The van der Waals surface area contributed by atoms with E-state index in [1.807, 2.05) is 17.7 Å². The topological polar surface area (TPSA) is 73.8 Å². The first kappa shape index (κ1) is 11.3. The van der Waals surface area contributed by atoms with Crippen LogP contribution in [0.25, 0.3) is 16.5 Å². The summed E-state index contributed by atoms with van der Waals surface area (Å²) in [6.45, 7) is 1.88. The third kappa shape index (κ3) is 1.74. The van der Waals surface area contributed by atoms with Crippen molar-refractivity contribution in [3.8, 4) is 5.69 Å². The predicted molar refractivity (Wildman–Crippen MR) is 70.3 cm³/mol. The lowest BCUT2D eigenvalue weighted by molar-refractivity contribution is -0.383. The van der Waals surface area contributed by atoms with Gasteiger partial charge >= 0.3 is 0 Å². The zero-order valence-corrected chi connectivity index (χ0v) is 10.1. The molecule has 0 saturated heterocycles. The van der Waals surface area contributed by atoms with Gasteiger partial charge in [0.05, 0.1) is 16.0 Å². The van der Waals surface area contributed by atoms with Crippen molar-refractivity contribution in [2.24, 2.45) is 0 Å². The Hall–Kier alpha value is -2.76. The molecule has 3 rings (SSSR count). The van der Waals surface area contributed by atoms with Crippen molar-refractivity contribution in [3.05, 3.63) is 58.9 Å². The molecule has 2 aromatic heterocycles. The number of hydrogen-bond donors (Lipinski definition) is 0. The van der Waals surface area contributed by atoms with Gasteiger partial charge in [0.25, 0.3) is 5.69 Å². The number of non-ortho nitro benzene ring substituents is 1. The van der Waals surface area contributed by atoms with Crippen LogP contribution in [-0.2, 0) is 0 Å². The van der Waals surface area contributed by atoms with Crippen LogP contribution in [0.4, 0.5) is 5.69 Å². The van der Waals surface area contributed by atoms with E-state index in [1.165, 1.54) is 12.3 Å². The van der Waals surface area contributed by atoms with Crippen molar-refractivity contribution >= 4 is 16.5 Å². The van der Waals surface area contributed by atoms with Crippen molar-refractivity contribution in [1.29, 1.82) is 0 Å². The minimum Gasteiger partial charge on any atom is -0.303 e. The number of aromatic nitrogens is 3. The number of rotatable bonds is 2. The molecular formula is C13H10N4O2. The molecule has 6 nitrogen and oxygen atoms in total. The van der Waals surface area contributed by atoms with Crippen LogP contribution in [-0.4, -0.2) is 19.5 Å². The Labute approximate surface area is 108 Å². The molecule has 0 aliphatic rings. The van der Waals surface area contributed by atoms with Gasteiger partial charge in [-0.3, -0.25) is 15.1 Å². The molecular weight excluding hydrogens is 244 g/mol. The summed E-state index contributed by atoms with van der Waals surface area (Å²) in [5, 5.41) is 12.3. The van der Waals surface area contributed by atoms with Gasteiger partial charge in [-0.15, -0.1) is 0 Å². The van der Waals surface area contributed by atoms with Crippen molar-refractivity contribution in [1.82, 2.24) is 14.5 Å². The number of fused-ring (bicyclic) bond motifs is 1. The molecule has 0 spiro atoms. The Morgan fingerprint density at radius 1 is 1.21 bits per heavy atom. The second-order valence-corrected chi connectivity index (χ2v) is 4.13.